The first-order valence-electron chi connectivity index (χ1n) is 7.42. The van der Waals surface area contributed by atoms with Crippen LogP contribution in [-0.2, 0) is 0 Å². The second-order valence-electron chi connectivity index (χ2n) is 4.38. The SMILES string of the molecule is C.CC.CC.CCCCC1C=CC(C)CC1C. The van der Waals surface area contributed by atoms with Gasteiger partial charge in [-0.05, 0) is 30.6 Å². The minimum absolute atomic E-state index is 0. The van der Waals surface area contributed by atoms with Gasteiger partial charge in [-0.1, -0.05) is 80.9 Å². The zero-order chi connectivity index (χ0) is 13.0. The van der Waals surface area contributed by atoms with E-state index in [2.05, 4.69) is 32.9 Å². The molecule has 1 aliphatic rings. The van der Waals surface area contributed by atoms with E-state index in [1.807, 2.05) is 27.7 Å². The standard InChI is InChI=1S/C12H22.2C2H6.CH4/c1-4-5-6-12-8-7-10(2)9-11(12)3;2*1-2;/h7-8,10-12H,4-6,9H2,1-3H3;2*1-2H3;1H4. The lowest BCUT2D eigenvalue weighted by molar-refractivity contribution is 0.323. The maximum Gasteiger partial charge on any atom is -0.0207 e. The van der Waals surface area contributed by atoms with Crippen molar-refractivity contribution in [2.75, 3.05) is 0 Å². The highest BCUT2D eigenvalue weighted by atomic mass is 14.2. The van der Waals surface area contributed by atoms with Gasteiger partial charge in [-0.15, -0.1) is 0 Å². The molecular weight excluding hydrogens is 204 g/mol. The highest BCUT2D eigenvalue weighted by Gasteiger charge is 2.19. The Morgan fingerprint density at radius 1 is 1.00 bits per heavy atom. The topological polar surface area (TPSA) is 0 Å². The van der Waals surface area contributed by atoms with E-state index < -0.39 is 0 Å². The zero-order valence-electron chi connectivity index (χ0n) is 12.7. The molecule has 0 aromatic heterocycles. The van der Waals surface area contributed by atoms with E-state index in [0.717, 1.165) is 17.8 Å². The molecule has 0 aromatic rings. The van der Waals surface area contributed by atoms with Gasteiger partial charge in [0.2, 0.25) is 0 Å². The molecule has 0 heteroatoms. The van der Waals surface area contributed by atoms with E-state index in [1.54, 1.807) is 0 Å². The molecule has 0 saturated carbocycles. The predicted molar refractivity (Wildman–Crippen MR) is 84.5 cm³/mol. The molecule has 0 bridgehead atoms. The molecule has 0 heterocycles. The summed E-state index contributed by atoms with van der Waals surface area (Å²) in [6.07, 6.45) is 10.4. The molecule has 0 fully saturated rings. The largest absolute Gasteiger partial charge is 0.0854 e. The van der Waals surface area contributed by atoms with Gasteiger partial charge in [-0.2, -0.15) is 0 Å². The fraction of sp³-hybridized carbons (Fsp3) is 0.882. The summed E-state index contributed by atoms with van der Waals surface area (Å²) in [5, 5.41) is 0. The van der Waals surface area contributed by atoms with E-state index in [-0.39, 0.29) is 7.43 Å². The molecule has 0 aromatic carbocycles. The van der Waals surface area contributed by atoms with Gasteiger partial charge >= 0.3 is 0 Å². The van der Waals surface area contributed by atoms with E-state index in [9.17, 15) is 0 Å². The highest BCUT2D eigenvalue weighted by molar-refractivity contribution is 4.98. The van der Waals surface area contributed by atoms with Crippen LogP contribution in [0.2, 0.25) is 0 Å². The Hall–Kier alpha value is -0.260. The van der Waals surface area contributed by atoms with Gasteiger partial charge in [-0.25, -0.2) is 0 Å². The van der Waals surface area contributed by atoms with Crippen LogP contribution in [-0.4, -0.2) is 0 Å². The van der Waals surface area contributed by atoms with Crippen LogP contribution < -0.4 is 0 Å². The Kier molecular flexibility index (Phi) is 20.3. The van der Waals surface area contributed by atoms with Gasteiger partial charge in [-0.3, -0.25) is 0 Å². The molecule has 106 valence electrons. The molecule has 0 aliphatic heterocycles. The lowest BCUT2D eigenvalue weighted by Gasteiger charge is -2.27. The average molecular weight is 242 g/mol. The van der Waals surface area contributed by atoms with Gasteiger partial charge in [0.05, 0.1) is 0 Å². The number of hydrogen-bond donors (Lipinski definition) is 0. The third-order valence-corrected chi connectivity index (χ3v) is 3.05. The van der Waals surface area contributed by atoms with Crippen LogP contribution in [0.5, 0.6) is 0 Å². The first kappa shape index (κ1) is 22.0. The summed E-state index contributed by atoms with van der Waals surface area (Å²) in [5.74, 6) is 2.61. The van der Waals surface area contributed by atoms with Crippen LogP contribution in [0.4, 0.5) is 0 Å². The van der Waals surface area contributed by atoms with Gasteiger partial charge in [0.15, 0.2) is 0 Å². The molecule has 0 N–H and O–H groups in total. The lowest BCUT2D eigenvalue weighted by atomic mass is 9.78. The summed E-state index contributed by atoms with van der Waals surface area (Å²) < 4.78 is 0. The fourth-order valence-corrected chi connectivity index (χ4v) is 2.18. The fourth-order valence-electron chi connectivity index (χ4n) is 2.18. The Bertz CT molecular complexity index is 146. The van der Waals surface area contributed by atoms with Gasteiger partial charge in [0.1, 0.15) is 0 Å². The molecule has 0 nitrogen and oxygen atoms in total. The van der Waals surface area contributed by atoms with E-state index in [4.69, 9.17) is 0 Å². The first-order valence-corrected chi connectivity index (χ1v) is 7.42. The van der Waals surface area contributed by atoms with Crippen LogP contribution in [0.1, 0.15) is 81.6 Å². The first-order chi connectivity index (χ1) is 7.74. The second-order valence-corrected chi connectivity index (χ2v) is 4.38. The average Bonchev–Trinajstić information content (AvgIpc) is 2.33. The van der Waals surface area contributed by atoms with Crippen molar-refractivity contribution in [2.45, 2.75) is 81.6 Å². The van der Waals surface area contributed by atoms with E-state index in [1.165, 1.54) is 25.7 Å². The van der Waals surface area contributed by atoms with Crippen molar-refractivity contribution in [3.8, 4) is 0 Å². The molecule has 3 atom stereocenters. The van der Waals surface area contributed by atoms with Crippen LogP contribution in [0, 0.1) is 17.8 Å². The third kappa shape index (κ3) is 10.6. The monoisotopic (exact) mass is 242 g/mol. The van der Waals surface area contributed by atoms with Gasteiger partial charge in [0.25, 0.3) is 0 Å². The van der Waals surface area contributed by atoms with E-state index >= 15 is 0 Å². The number of allylic oxidation sites excluding steroid dienone is 2. The van der Waals surface area contributed by atoms with Crippen molar-refractivity contribution in [1.29, 1.82) is 0 Å². The van der Waals surface area contributed by atoms with Gasteiger partial charge in [0, 0.05) is 0 Å². The summed E-state index contributed by atoms with van der Waals surface area (Å²) in [5.41, 5.74) is 0. The molecule has 1 aliphatic carbocycles. The third-order valence-electron chi connectivity index (χ3n) is 3.05. The van der Waals surface area contributed by atoms with Crippen molar-refractivity contribution in [2.24, 2.45) is 17.8 Å². The lowest BCUT2D eigenvalue weighted by Crippen LogP contribution is -2.16. The van der Waals surface area contributed by atoms with Crippen molar-refractivity contribution < 1.29 is 0 Å². The smallest absolute Gasteiger partial charge is 0.0207 e. The Balaban J connectivity index is -0.000000355. The normalized spacial score (nSPS) is 25.7. The molecule has 0 saturated heterocycles. The van der Waals surface area contributed by atoms with Gasteiger partial charge < -0.3 is 0 Å². The summed E-state index contributed by atoms with van der Waals surface area (Å²) in [7, 11) is 0. The number of hydrogen-bond acceptors (Lipinski definition) is 0. The molecule has 0 radical (unpaired) electrons. The highest BCUT2D eigenvalue weighted by Crippen LogP contribution is 2.30. The Morgan fingerprint density at radius 3 is 1.94 bits per heavy atom. The summed E-state index contributed by atoms with van der Waals surface area (Å²) in [6, 6.07) is 0. The second kappa shape index (κ2) is 15.7. The van der Waals surface area contributed by atoms with Crippen molar-refractivity contribution in [3.63, 3.8) is 0 Å². The number of rotatable bonds is 3. The Morgan fingerprint density at radius 2 is 1.53 bits per heavy atom. The molecular formula is C17H38. The molecule has 0 spiro atoms. The van der Waals surface area contributed by atoms with Crippen LogP contribution in [0.25, 0.3) is 0 Å². The number of unbranched alkanes of at least 4 members (excludes halogenated alkanes) is 1. The minimum Gasteiger partial charge on any atom is -0.0854 e. The maximum absolute atomic E-state index is 2.45. The van der Waals surface area contributed by atoms with Crippen LogP contribution >= 0.6 is 0 Å². The molecule has 0 amide bonds. The van der Waals surface area contributed by atoms with Crippen LogP contribution in [0.15, 0.2) is 12.2 Å². The summed E-state index contributed by atoms with van der Waals surface area (Å²) in [6.45, 7) is 15.0. The zero-order valence-corrected chi connectivity index (χ0v) is 12.7. The van der Waals surface area contributed by atoms with Crippen molar-refractivity contribution >= 4 is 0 Å². The summed E-state index contributed by atoms with van der Waals surface area (Å²) >= 11 is 0. The molecule has 1 rings (SSSR count). The summed E-state index contributed by atoms with van der Waals surface area (Å²) in [4.78, 5) is 0. The predicted octanol–water partition coefficient (Wildman–Crippen LogP) is 6.71. The van der Waals surface area contributed by atoms with Crippen molar-refractivity contribution in [1.82, 2.24) is 0 Å². The Labute approximate surface area is 112 Å². The minimum atomic E-state index is 0. The maximum atomic E-state index is 2.45. The van der Waals surface area contributed by atoms with E-state index in [0.29, 0.717) is 0 Å². The van der Waals surface area contributed by atoms with Crippen molar-refractivity contribution in [3.05, 3.63) is 12.2 Å². The quantitative estimate of drug-likeness (QED) is 0.482. The molecule has 3 unspecified atom stereocenters. The van der Waals surface area contributed by atoms with Crippen LogP contribution in [0.3, 0.4) is 0 Å². The molecule has 17 heavy (non-hydrogen) atoms.